The first-order chi connectivity index (χ1) is 19.4. The summed E-state index contributed by atoms with van der Waals surface area (Å²) in [6, 6.07) is 24.5. The van der Waals surface area contributed by atoms with Gasteiger partial charge in [-0.05, 0) is 72.4 Å². The Kier molecular flexibility index (Phi) is 8.84. The highest BCUT2D eigenvalue weighted by Crippen LogP contribution is 2.48. The Morgan fingerprint density at radius 2 is 1.57 bits per heavy atom. The van der Waals surface area contributed by atoms with E-state index in [1.165, 1.54) is 11.8 Å². The summed E-state index contributed by atoms with van der Waals surface area (Å²) >= 11 is 14.0. The molecule has 40 heavy (non-hydrogen) atoms. The number of hydrogen-bond acceptors (Lipinski definition) is 6. The van der Waals surface area contributed by atoms with Crippen LogP contribution in [0.1, 0.15) is 34.4 Å². The summed E-state index contributed by atoms with van der Waals surface area (Å²) in [6.45, 7) is 0. The SMILES string of the molecule is COc1nc(OC(C(=O)O)C(SCCc2ccccc2)(c2ccc(Cl)cc2)c2ccc(Cl)cc2)nc2c1CCC2. The molecular formula is C31H28Cl2N2O4S. The molecule has 9 heteroatoms. The van der Waals surface area contributed by atoms with Gasteiger partial charge in [0.05, 0.1) is 12.8 Å². The molecule has 0 fully saturated rings. The minimum absolute atomic E-state index is 0.0270. The van der Waals surface area contributed by atoms with Crippen LogP contribution < -0.4 is 9.47 Å². The number of methoxy groups -OCH3 is 1. The van der Waals surface area contributed by atoms with E-state index in [1.54, 1.807) is 31.4 Å². The molecule has 6 nitrogen and oxygen atoms in total. The van der Waals surface area contributed by atoms with Crippen molar-refractivity contribution in [3.8, 4) is 11.9 Å². The zero-order valence-electron chi connectivity index (χ0n) is 21.8. The van der Waals surface area contributed by atoms with Gasteiger partial charge in [-0.2, -0.15) is 9.97 Å². The Morgan fingerprint density at radius 3 is 2.15 bits per heavy atom. The molecule has 0 saturated carbocycles. The van der Waals surface area contributed by atoms with E-state index in [9.17, 15) is 9.90 Å². The molecule has 1 aliphatic rings. The smallest absolute Gasteiger partial charge is 0.347 e. The zero-order valence-corrected chi connectivity index (χ0v) is 24.2. The van der Waals surface area contributed by atoms with Crippen LogP contribution in [0.3, 0.4) is 0 Å². The number of ether oxygens (including phenoxy) is 2. The molecule has 3 aromatic carbocycles. The van der Waals surface area contributed by atoms with Crippen LogP contribution in [0.5, 0.6) is 11.9 Å². The highest BCUT2D eigenvalue weighted by atomic mass is 35.5. The van der Waals surface area contributed by atoms with Gasteiger partial charge in [-0.1, -0.05) is 77.8 Å². The molecule has 0 saturated heterocycles. The summed E-state index contributed by atoms with van der Waals surface area (Å²) in [5.74, 6) is -0.126. The Balaban J connectivity index is 1.64. The molecule has 1 aromatic heterocycles. The third-order valence-electron chi connectivity index (χ3n) is 6.99. The van der Waals surface area contributed by atoms with Crippen molar-refractivity contribution in [3.05, 3.63) is 117 Å². The Labute approximate surface area is 247 Å². The van der Waals surface area contributed by atoms with Gasteiger partial charge < -0.3 is 14.6 Å². The van der Waals surface area contributed by atoms with Crippen molar-refractivity contribution in [2.24, 2.45) is 0 Å². The second-order valence-corrected chi connectivity index (χ2v) is 11.7. The first kappa shape index (κ1) is 28.3. The normalized spacial score (nSPS) is 13.5. The number of rotatable bonds is 11. The molecule has 1 N–H and O–H groups in total. The molecule has 0 amide bonds. The maximum Gasteiger partial charge on any atom is 0.347 e. The molecule has 206 valence electrons. The summed E-state index contributed by atoms with van der Waals surface area (Å²) in [5.41, 5.74) is 4.36. The lowest BCUT2D eigenvalue weighted by molar-refractivity contribution is -0.146. The number of carboxylic acids is 1. The fourth-order valence-corrected chi connectivity index (χ4v) is 6.91. The Hall–Kier alpha value is -3.26. The van der Waals surface area contributed by atoms with E-state index in [2.05, 4.69) is 22.1 Å². The van der Waals surface area contributed by atoms with Crippen LogP contribution in [0.15, 0.2) is 78.9 Å². The number of fused-ring (bicyclic) bond motifs is 1. The van der Waals surface area contributed by atoms with Crippen molar-refractivity contribution in [1.82, 2.24) is 9.97 Å². The van der Waals surface area contributed by atoms with Crippen molar-refractivity contribution in [1.29, 1.82) is 0 Å². The molecule has 1 unspecified atom stereocenters. The number of halogens is 2. The number of benzene rings is 3. The maximum absolute atomic E-state index is 13.2. The molecule has 1 heterocycles. The number of aliphatic carboxylic acids is 1. The van der Waals surface area contributed by atoms with Gasteiger partial charge in [-0.25, -0.2) is 4.79 Å². The van der Waals surface area contributed by atoms with Crippen LogP contribution in [0, 0.1) is 0 Å². The fourth-order valence-electron chi connectivity index (χ4n) is 5.09. The fraction of sp³-hybridized carbons (Fsp3) is 0.258. The number of aryl methyl sites for hydroxylation is 2. The average molecular weight is 596 g/mol. The molecule has 0 radical (unpaired) electrons. The van der Waals surface area contributed by atoms with E-state index in [4.69, 9.17) is 32.7 Å². The Bertz CT molecular complexity index is 1420. The van der Waals surface area contributed by atoms with Gasteiger partial charge in [0.25, 0.3) is 0 Å². The monoisotopic (exact) mass is 594 g/mol. The van der Waals surface area contributed by atoms with Crippen LogP contribution in [0.2, 0.25) is 10.0 Å². The van der Waals surface area contributed by atoms with Gasteiger partial charge in [0.15, 0.2) is 0 Å². The third kappa shape index (κ3) is 5.92. The number of thioether (sulfide) groups is 1. The van der Waals surface area contributed by atoms with Crippen molar-refractivity contribution in [3.63, 3.8) is 0 Å². The number of carboxylic acid groups (broad SMARTS) is 1. The summed E-state index contributed by atoms with van der Waals surface area (Å²) in [7, 11) is 1.55. The van der Waals surface area contributed by atoms with Crippen molar-refractivity contribution >= 4 is 40.9 Å². The quantitative estimate of drug-likeness (QED) is 0.199. The van der Waals surface area contributed by atoms with E-state index in [0.29, 0.717) is 21.7 Å². The van der Waals surface area contributed by atoms with Crippen LogP contribution in [0.25, 0.3) is 0 Å². The highest BCUT2D eigenvalue weighted by molar-refractivity contribution is 8.00. The van der Waals surface area contributed by atoms with Gasteiger partial charge in [-0.15, -0.1) is 11.8 Å². The standard InChI is InChI=1S/C31H28Cl2N2O4S/c1-38-28-25-8-5-9-26(25)34-30(35-28)39-27(29(36)37)31(21-10-14-23(32)15-11-21,22-12-16-24(33)17-13-22)40-19-18-20-6-3-2-4-7-20/h2-4,6-7,10-17,27H,5,8-9,18-19H2,1H3,(H,36,37). The molecule has 0 aliphatic heterocycles. The largest absolute Gasteiger partial charge is 0.481 e. The predicted molar refractivity (Wildman–Crippen MR) is 159 cm³/mol. The molecule has 0 spiro atoms. The number of nitrogens with zero attached hydrogens (tertiary/aromatic N) is 2. The van der Waals surface area contributed by atoms with Crippen LogP contribution in [0.4, 0.5) is 0 Å². The zero-order chi connectivity index (χ0) is 28.1. The lowest BCUT2D eigenvalue weighted by Gasteiger charge is -2.39. The van der Waals surface area contributed by atoms with Crippen molar-refractivity contribution in [2.75, 3.05) is 12.9 Å². The minimum Gasteiger partial charge on any atom is -0.481 e. The van der Waals surface area contributed by atoms with E-state index < -0.39 is 16.8 Å². The lowest BCUT2D eigenvalue weighted by atomic mass is 9.85. The molecule has 5 rings (SSSR count). The van der Waals surface area contributed by atoms with E-state index in [0.717, 1.165) is 53.6 Å². The number of hydrogen-bond donors (Lipinski definition) is 1. The Morgan fingerprint density at radius 1 is 0.950 bits per heavy atom. The molecule has 1 aliphatic carbocycles. The van der Waals surface area contributed by atoms with Crippen molar-refractivity contribution < 1.29 is 19.4 Å². The first-order valence-corrected chi connectivity index (χ1v) is 14.7. The highest BCUT2D eigenvalue weighted by Gasteiger charge is 2.49. The summed E-state index contributed by atoms with van der Waals surface area (Å²) < 4.78 is 10.6. The second-order valence-electron chi connectivity index (χ2n) is 9.46. The summed E-state index contributed by atoms with van der Waals surface area (Å²) in [5, 5.41) is 11.8. The van der Waals surface area contributed by atoms with Gasteiger partial charge >= 0.3 is 12.0 Å². The van der Waals surface area contributed by atoms with Crippen LogP contribution in [-0.2, 0) is 28.8 Å². The summed E-state index contributed by atoms with van der Waals surface area (Å²) in [6.07, 6.45) is 1.83. The second kappa shape index (κ2) is 12.5. The van der Waals surface area contributed by atoms with E-state index >= 15 is 0 Å². The average Bonchev–Trinajstić information content (AvgIpc) is 3.44. The van der Waals surface area contributed by atoms with E-state index in [1.807, 2.05) is 42.5 Å². The summed E-state index contributed by atoms with van der Waals surface area (Å²) in [4.78, 5) is 22.3. The van der Waals surface area contributed by atoms with E-state index in [-0.39, 0.29) is 6.01 Å². The van der Waals surface area contributed by atoms with Crippen LogP contribution in [-0.4, -0.2) is 40.0 Å². The number of carbonyl (C=O) groups is 1. The van der Waals surface area contributed by atoms with Gasteiger partial charge in [0.2, 0.25) is 12.0 Å². The van der Waals surface area contributed by atoms with Crippen molar-refractivity contribution in [2.45, 2.75) is 36.5 Å². The first-order valence-electron chi connectivity index (χ1n) is 12.9. The van der Waals surface area contributed by atoms with Gasteiger partial charge in [-0.3, -0.25) is 0 Å². The lowest BCUT2D eigenvalue weighted by Crippen LogP contribution is -2.47. The molecule has 0 bridgehead atoms. The molecule has 1 atom stereocenters. The minimum atomic E-state index is -1.40. The molecule has 4 aromatic rings. The topological polar surface area (TPSA) is 81.5 Å². The van der Waals surface area contributed by atoms with Gasteiger partial charge in [0, 0.05) is 15.6 Å². The maximum atomic E-state index is 13.2. The van der Waals surface area contributed by atoms with Crippen LogP contribution >= 0.6 is 35.0 Å². The predicted octanol–water partition coefficient (Wildman–Crippen LogP) is 7.03. The number of aromatic nitrogens is 2. The van der Waals surface area contributed by atoms with Gasteiger partial charge in [0.1, 0.15) is 4.75 Å². The third-order valence-corrected chi connectivity index (χ3v) is 9.05. The molecular weight excluding hydrogens is 567 g/mol.